The van der Waals surface area contributed by atoms with Crippen LogP contribution in [0.3, 0.4) is 0 Å². The fourth-order valence-corrected chi connectivity index (χ4v) is 3.68. The molecule has 2 amide bonds. The predicted molar refractivity (Wildman–Crippen MR) is 87.2 cm³/mol. The van der Waals surface area contributed by atoms with Crippen molar-refractivity contribution in [2.45, 2.75) is 64.0 Å². The quantitative estimate of drug-likeness (QED) is 0.927. The molecule has 0 aromatic carbocycles. The lowest BCUT2D eigenvalue weighted by molar-refractivity contribution is -0.132. The van der Waals surface area contributed by atoms with Crippen molar-refractivity contribution >= 4 is 11.8 Å². The van der Waals surface area contributed by atoms with Crippen molar-refractivity contribution in [3.63, 3.8) is 0 Å². The number of carbonyl (C=O) groups is 2. The number of amides is 2. The fourth-order valence-electron chi connectivity index (χ4n) is 3.68. The summed E-state index contributed by atoms with van der Waals surface area (Å²) in [5.41, 5.74) is 1.55. The lowest BCUT2D eigenvalue weighted by atomic mass is 9.95. The molecule has 2 fully saturated rings. The van der Waals surface area contributed by atoms with Crippen molar-refractivity contribution in [3.8, 4) is 0 Å². The number of aryl methyl sites for hydroxylation is 1. The van der Waals surface area contributed by atoms with Crippen molar-refractivity contribution < 1.29 is 9.59 Å². The Morgan fingerprint density at radius 2 is 2.00 bits per heavy atom. The Hall–Kier alpha value is -1.85. The Morgan fingerprint density at radius 1 is 1.26 bits per heavy atom. The molecule has 3 rings (SSSR count). The predicted octanol–water partition coefficient (Wildman–Crippen LogP) is 2.05. The summed E-state index contributed by atoms with van der Waals surface area (Å²) in [7, 11) is 1.78. The van der Waals surface area contributed by atoms with Gasteiger partial charge < -0.3 is 10.2 Å². The molecule has 1 aliphatic carbocycles. The SMILES string of the molecule is Cc1cc(C(=O)NC2CCC(=O)N(C)C2)nn1C1CCCCC1. The topological polar surface area (TPSA) is 67.2 Å². The van der Waals surface area contributed by atoms with Crippen LogP contribution < -0.4 is 5.32 Å². The summed E-state index contributed by atoms with van der Waals surface area (Å²) >= 11 is 0. The Morgan fingerprint density at radius 3 is 2.70 bits per heavy atom. The van der Waals surface area contributed by atoms with E-state index in [4.69, 9.17) is 0 Å². The molecular weight excluding hydrogens is 292 g/mol. The zero-order chi connectivity index (χ0) is 16.4. The molecule has 0 spiro atoms. The van der Waals surface area contributed by atoms with E-state index in [9.17, 15) is 9.59 Å². The number of nitrogens with zero attached hydrogens (tertiary/aromatic N) is 3. The van der Waals surface area contributed by atoms with Crippen molar-refractivity contribution in [3.05, 3.63) is 17.5 Å². The third-order valence-electron chi connectivity index (χ3n) is 5.04. The van der Waals surface area contributed by atoms with Crippen LogP contribution >= 0.6 is 0 Å². The van der Waals surface area contributed by atoms with E-state index in [1.165, 1.54) is 19.3 Å². The molecule has 23 heavy (non-hydrogen) atoms. The van der Waals surface area contributed by atoms with E-state index in [0.29, 0.717) is 31.1 Å². The summed E-state index contributed by atoms with van der Waals surface area (Å²) in [6.45, 7) is 2.60. The summed E-state index contributed by atoms with van der Waals surface area (Å²) in [5.74, 6) is 0.0170. The molecular formula is C17H26N4O2. The minimum absolute atomic E-state index is 0.0188. The molecule has 6 nitrogen and oxygen atoms in total. The molecule has 1 aromatic rings. The average molecular weight is 318 g/mol. The van der Waals surface area contributed by atoms with Gasteiger partial charge in [-0.25, -0.2) is 0 Å². The lowest BCUT2D eigenvalue weighted by Crippen LogP contribution is -2.48. The van der Waals surface area contributed by atoms with Crippen LogP contribution in [0.4, 0.5) is 0 Å². The van der Waals surface area contributed by atoms with Crippen molar-refractivity contribution in [2.75, 3.05) is 13.6 Å². The Bertz CT molecular complexity index is 589. The number of aromatic nitrogens is 2. The van der Waals surface area contributed by atoms with Gasteiger partial charge in [-0.05, 0) is 32.3 Å². The van der Waals surface area contributed by atoms with Gasteiger partial charge in [0, 0.05) is 31.7 Å². The van der Waals surface area contributed by atoms with Gasteiger partial charge in [0.25, 0.3) is 5.91 Å². The van der Waals surface area contributed by atoms with Gasteiger partial charge in [0.15, 0.2) is 0 Å². The van der Waals surface area contributed by atoms with Gasteiger partial charge in [-0.2, -0.15) is 5.10 Å². The van der Waals surface area contributed by atoms with E-state index in [1.54, 1.807) is 11.9 Å². The van der Waals surface area contributed by atoms with E-state index < -0.39 is 0 Å². The molecule has 2 aliphatic rings. The molecule has 1 saturated carbocycles. The maximum absolute atomic E-state index is 12.5. The first kappa shape index (κ1) is 16.0. The summed E-state index contributed by atoms with van der Waals surface area (Å²) in [4.78, 5) is 25.7. The van der Waals surface area contributed by atoms with Crippen LogP contribution in [0.15, 0.2) is 6.07 Å². The van der Waals surface area contributed by atoms with Crippen LogP contribution in [0.2, 0.25) is 0 Å². The smallest absolute Gasteiger partial charge is 0.272 e. The Kier molecular flexibility index (Phi) is 4.68. The molecule has 1 N–H and O–H groups in total. The van der Waals surface area contributed by atoms with Gasteiger partial charge >= 0.3 is 0 Å². The third kappa shape index (κ3) is 3.57. The van der Waals surface area contributed by atoms with Gasteiger partial charge in [-0.1, -0.05) is 19.3 Å². The number of piperidine rings is 1. The Balaban J connectivity index is 1.64. The second-order valence-electron chi connectivity index (χ2n) is 6.89. The van der Waals surface area contributed by atoms with Crippen LogP contribution in [0, 0.1) is 6.92 Å². The van der Waals surface area contributed by atoms with Crippen molar-refractivity contribution in [1.82, 2.24) is 20.0 Å². The third-order valence-corrected chi connectivity index (χ3v) is 5.04. The molecule has 1 saturated heterocycles. The molecule has 1 unspecified atom stereocenters. The van der Waals surface area contributed by atoms with Gasteiger partial charge in [0.05, 0.1) is 6.04 Å². The molecule has 6 heteroatoms. The van der Waals surface area contributed by atoms with E-state index >= 15 is 0 Å². The van der Waals surface area contributed by atoms with Crippen LogP contribution in [0.1, 0.15) is 67.2 Å². The molecule has 1 atom stereocenters. The maximum atomic E-state index is 12.5. The number of rotatable bonds is 3. The number of hydrogen-bond acceptors (Lipinski definition) is 3. The zero-order valence-electron chi connectivity index (χ0n) is 14.0. The zero-order valence-corrected chi connectivity index (χ0v) is 14.0. The highest BCUT2D eigenvalue weighted by Crippen LogP contribution is 2.28. The molecule has 2 heterocycles. The van der Waals surface area contributed by atoms with Crippen LogP contribution in [0.5, 0.6) is 0 Å². The molecule has 1 aromatic heterocycles. The second kappa shape index (κ2) is 6.72. The first-order valence-corrected chi connectivity index (χ1v) is 8.65. The van der Waals surface area contributed by atoms with Gasteiger partial charge in [0.1, 0.15) is 5.69 Å². The number of likely N-dealkylation sites (N-methyl/N-ethyl adjacent to an activating group) is 1. The summed E-state index contributed by atoms with van der Waals surface area (Å²) in [6, 6.07) is 2.33. The van der Waals surface area contributed by atoms with Gasteiger partial charge in [0.2, 0.25) is 5.91 Å². The fraction of sp³-hybridized carbons (Fsp3) is 0.706. The lowest BCUT2D eigenvalue weighted by Gasteiger charge is -2.29. The first-order valence-electron chi connectivity index (χ1n) is 8.65. The largest absolute Gasteiger partial charge is 0.346 e. The molecule has 0 bridgehead atoms. The summed E-state index contributed by atoms with van der Waals surface area (Å²) in [6.07, 6.45) is 7.30. The number of hydrogen-bond donors (Lipinski definition) is 1. The highest BCUT2D eigenvalue weighted by Gasteiger charge is 2.26. The van der Waals surface area contributed by atoms with Crippen LogP contribution in [-0.2, 0) is 4.79 Å². The van der Waals surface area contributed by atoms with Crippen molar-refractivity contribution in [2.24, 2.45) is 0 Å². The number of carbonyl (C=O) groups excluding carboxylic acids is 2. The van der Waals surface area contributed by atoms with E-state index in [-0.39, 0.29) is 17.9 Å². The summed E-state index contributed by atoms with van der Waals surface area (Å²) < 4.78 is 2.03. The first-order chi connectivity index (χ1) is 11.0. The number of nitrogens with one attached hydrogen (secondary N) is 1. The van der Waals surface area contributed by atoms with Gasteiger partial charge in [-0.15, -0.1) is 0 Å². The highest BCUT2D eigenvalue weighted by atomic mass is 16.2. The van der Waals surface area contributed by atoms with E-state index in [0.717, 1.165) is 18.5 Å². The molecule has 126 valence electrons. The second-order valence-corrected chi connectivity index (χ2v) is 6.89. The van der Waals surface area contributed by atoms with E-state index in [2.05, 4.69) is 10.4 Å². The van der Waals surface area contributed by atoms with Crippen LogP contribution in [-0.4, -0.2) is 46.1 Å². The minimum atomic E-state index is -0.129. The van der Waals surface area contributed by atoms with Crippen LogP contribution in [0.25, 0.3) is 0 Å². The van der Waals surface area contributed by atoms with E-state index in [1.807, 2.05) is 17.7 Å². The average Bonchev–Trinajstić information content (AvgIpc) is 2.94. The normalized spacial score (nSPS) is 23.1. The van der Waals surface area contributed by atoms with Gasteiger partial charge in [-0.3, -0.25) is 14.3 Å². The minimum Gasteiger partial charge on any atom is -0.346 e. The number of likely N-dealkylation sites (tertiary alicyclic amines) is 1. The molecule has 1 aliphatic heterocycles. The maximum Gasteiger partial charge on any atom is 0.272 e. The standard InChI is InChI=1S/C17H26N4O2/c1-12-10-15(19-21(12)14-6-4-3-5-7-14)17(23)18-13-8-9-16(22)20(2)11-13/h10,13-14H,3-9,11H2,1-2H3,(H,18,23). The molecule has 0 radical (unpaired) electrons. The van der Waals surface area contributed by atoms with Crippen molar-refractivity contribution in [1.29, 1.82) is 0 Å². The summed E-state index contributed by atoms with van der Waals surface area (Å²) in [5, 5.41) is 7.58. The monoisotopic (exact) mass is 318 g/mol. The highest BCUT2D eigenvalue weighted by molar-refractivity contribution is 5.92. The Labute approximate surface area is 137 Å².